The van der Waals surface area contributed by atoms with Crippen LogP contribution < -0.4 is 26.9 Å². The Kier molecular flexibility index (Phi) is 12.7. The Balaban J connectivity index is 1.32. The fraction of sp³-hybridized carbons (Fsp3) is 0.529. The number of nitrogens with one attached hydrogen (secondary N) is 4. The molecule has 50 heavy (non-hydrogen) atoms. The van der Waals surface area contributed by atoms with Crippen molar-refractivity contribution in [2.45, 2.75) is 83.8 Å². The largest absolute Gasteiger partial charge is 0.481 e. The lowest BCUT2D eigenvalue weighted by Crippen LogP contribution is -2.55. The number of carboxylic acid groups (broad SMARTS) is 1. The molecule has 1 aromatic heterocycles. The van der Waals surface area contributed by atoms with E-state index in [1.807, 2.05) is 13.8 Å². The highest BCUT2D eigenvalue weighted by molar-refractivity contribution is 6.00. The van der Waals surface area contributed by atoms with E-state index >= 15 is 0 Å². The maximum atomic E-state index is 13.3. The van der Waals surface area contributed by atoms with Crippen LogP contribution in [0.3, 0.4) is 0 Å². The van der Waals surface area contributed by atoms with Gasteiger partial charge in [-0.25, -0.2) is 4.79 Å². The SMILES string of the molecule is Cc1cc(=O)oc2cc(NC(=O)C3CCCN3C(=O)CNC(=O)C(CC(C)C)NC(=O)C3CCCN3C(=O)CNC(=O)CCC(=O)O)ccc12. The normalized spacial score (nSPS) is 17.8. The number of aliphatic carboxylic acids is 1. The maximum absolute atomic E-state index is 13.3. The first kappa shape index (κ1) is 37.5. The minimum absolute atomic E-state index is 0.0113. The zero-order valence-electron chi connectivity index (χ0n) is 28.4. The van der Waals surface area contributed by atoms with Gasteiger partial charge in [-0.1, -0.05) is 13.8 Å². The third-order valence-electron chi connectivity index (χ3n) is 8.73. The van der Waals surface area contributed by atoms with Crippen molar-refractivity contribution in [3.05, 3.63) is 40.2 Å². The van der Waals surface area contributed by atoms with Crippen LogP contribution in [0.25, 0.3) is 11.0 Å². The fourth-order valence-corrected chi connectivity index (χ4v) is 6.25. The van der Waals surface area contributed by atoms with Gasteiger partial charge in [0.2, 0.25) is 35.4 Å². The minimum atomic E-state index is -1.14. The van der Waals surface area contributed by atoms with Gasteiger partial charge >= 0.3 is 11.6 Å². The van der Waals surface area contributed by atoms with E-state index in [1.165, 1.54) is 15.9 Å². The number of carboxylic acids is 1. The molecule has 4 rings (SSSR count). The first-order chi connectivity index (χ1) is 23.7. The van der Waals surface area contributed by atoms with E-state index in [2.05, 4.69) is 21.3 Å². The van der Waals surface area contributed by atoms with Gasteiger partial charge in [0.05, 0.1) is 19.5 Å². The van der Waals surface area contributed by atoms with E-state index in [1.54, 1.807) is 25.1 Å². The van der Waals surface area contributed by atoms with Crippen molar-refractivity contribution in [2.75, 3.05) is 31.5 Å². The first-order valence-corrected chi connectivity index (χ1v) is 16.7. The molecular formula is C34H44N6O10. The molecule has 2 saturated heterocycles. The fourth-order valence-electron chi connectivity index (χ4n) is 6.25. The molecule has 3 heterocycles. The van der Waals surface area contributed by atoms with Gasteiger partial charge in [0.15, 0.2) is 0 Å². The second-order valence-corrected chi connectivity index (χ2v) is 13.0. The van der Waals surface area contributed by atoms with E-state index in [9.17, 15) is 38.4 Å². The predicted molar refractivity (Wildman–Crippen MR) is 180 cm³/mol. The van der Waals surface area contributed by atoms with E-state index < -0.39 is 78.3 Å². The number of aryl methyl sites for hydroxylation is 1. The molecule has 3 atom stereocenters. The molecule has 270 valence electrons. The maximum Gasteiger partial charge on any atom is 0.336 e. The highest BCUT2D eigenvalue weighted by Gasteiger charge is 2.37. The van der Waals surface area contributed by atoms with Crippen molar-refractivity contribution in [3.8, 4) is 0 Å². The molecule has 0 radical (unpaired) electrons. The standard InChI is InChI=1S/C34H44N6O10/c1-19(2)14-23(38-34(49)25-7-5-13-40(25)28(42)17-35-27(41)10-11-30(44)45)32(47)36-18-29(43)39-12-4-6-24(39)33(48)37-21-8-9-22-20(3)15-31(46)50-26(22)16-21/h8-9,15-16,19,23-25H,4-7,10-14,17-18H2,1-3H3,(H,35,41)(H,36,47)(H,37,48)(H,38,49)(H,44,45). The number of likely N-dealkylation sites (tertiary alicyclic amines) is 2. The zero-order chi connectivity index (χ0) is 36.5. The molecule has 16 nitrogen and oxygen atoms in total. The van der Waals surface area contributed by atoms with E-state index in [4.69, 9.17) is 9.52 Å². The number of hydrogen-bond donors (Lipinski definition) is 5. The van der Waals surface area contributed by atoms with Crippen LogP contribution in [0.15, 0.2) is 33.5 Å². The van der Waals surface area contributed by atoms with Crippen molar-refractivity contribution < 1.29 is 43.1 Å². The lowest BCUT2D eigenvalue weighted by atomic mass is 10.0. The number of hydrogen-bond acceptors (Lipinski definition) is 9. The van der Waals surface area contributed by atoms with Crippen molar-refractivity contribution in [1.29, 1.82) is 0 Å². The van der Waals surface area contributed by atoms with Crippen molar-refractivity contribution in [2.24, 2.45) is 5.92 Å². The highest BCUT2D eigenvalue weighted by Crippen LogP contribution is 2.23. The number of carbonyl (C=O) groups excluding carboxylic acids is 6. The second-order valence-electron chi connectivity index (χ2n) is 13.0. The van der Waals surface area contributed by atoms with Crippen molar-refractivity contribution in [1.82, 2.24) is 25.8 Å². The molecule has 0 saturated carbocycles. The van der Waals surface area contributed by atoms with Gasteiger partial charge in [0.25, 0.3) is 0 Å². The molecule has 2 fully saturated rings. The molecule has 0 aliphatic carbocycles. The summed E-state index contributed by atoms with van der Waals surface area (Å²) in [5, 5.41) is 19.9. The average Bonchev–Trinajstić information content (AvgIpc) is 3.75. The van der Waals surface area contributed by atoms with E-state index in [0.717, 1.165) is 10.9 Å². The number of amides is 6. The molecule has 2 aliphatic rings. The summed E-state index contributed by atoms with van der Waals surface area (Å²) in [5.41, 5.74) is 0.959. The number of rotatable bonds is 14. The van der Waals surface area contributed by atoms with Crippen LogP contribution >= 0.6 is 0 Å². The Hall–Kier alpha value is -5.28. The summed E-state index contributed by atoms with van der Waals surface area (Å²) < 4.78 is 5.26. The summed E-state index contributed by atoms with van der Waals surface area (Å²) in [4.78, 5) is 103. The topological polar surface area (TPSA) is 225 Å². The Morgan fingerprint density at radius 3 is 2.12 bits per heavy atom. The number of carbonyl (C=O) groups is 7. The summed E-state index contributed by atoms with van der Waals surface area (Å²) >= 11 is 0. The van der Waals surface area contributed by atoms with Gasteiger partial charge in [-0.2, -0.15) is 0 Å². The summed E-state index contributed by atoms with van der Waals surface area (Å²) in [6.45, 7) is 5.32. The van der Waals surface area contributed by atoms with Gasteiger partial charge in [-0.3, -0.25) is 33.6 Å². The van der Waals surface area contributed by atoms with E-state index in [0.29, 0.717) is 43.5 Å². The van der Waals surface area contributed by atoms with Crippen molar-refractivity contribution in [3.63, 3.8) is 0 Å². The minimum Gasteiger partial charge on any atom is -0.481 e. The quantitative estimate of drug-likeness (QED) is 0.173. The molecule has 2 aliphatic heterocycles. The Morgan fingerprint density at radius 2 is 1.50 bits per heavy atom. The molecule has 3 unspecified atom stereocenters. The summed E-state index contributed by atoms with van der Waals surface area (Å²) in [6.07, 6.45) is 1.49. The summed E-state index contributed by atoms with van der Waals surface area (Å²) in [5.74, 6) is -4.27. The smallest absolute Gasteiger partial charge is 0.336 e. The first-order valence-electron chi connectivity index (χ1n) is 16.7. The summed E-state index contributed by atoms with van der Waals surface area (Å²) in [6, 6.07) is 3.70. The molecule has 0 spiro atoms. The molecular weight excluding hydrogens is 652 g/mol. The van der Waals surface area contributed by atoms with Crippen molar-refractivity contribution >= 4 is 58.1 Å². The number of nitrogens with zero attached hydrogens (tertiary/aromatic N) is 2. The molecule has 5 N–H and O–H groups in total. The third kappa shape index (κ3) is 9.89. The van der Waals surface area contributed by atoms with Crippen LogP contribution in [0.5, 0.6) is 0 Å². The van der Waals surface area contributed by atoms with Crippen LogP contribution in [0.2, 0.25) is 0 Å². The second kappa shape index (κ2) is 16.9. The lowest BCUT2D eigenvalue weighted by Gasteiger charge is -2.27. The average molecular weight is 697 g/mol. The van der Waals surface area contributed by atoms with Gasteiger partial charge < -0.3 is 40.6 Å². The Labute approximate surface area is 288 Å². The van der Waals surface area contributed by atoms with Gasteiger partial charge in [0, 0.05) is 42.7 Å². The number of benzene rings is 1. The monoisotopic (exact) mass is 696 g/mol. The van der Waals surface area contributed by atoms with Gasteiger partial charge in [-0.15, -0.1) is 0 Å². The molecule has 0 bridgehead atoms. The van der Waals surface area contributed by atoms with Crippen LogP contribution in [-0.4, -0.2) is 101 Å². The Morgan fingerprint density at radius 1 is 0.880 bits per heavy atom. The molecule has 16 heteroatoms. The van der Waals surface area contributed by atoms with E-state index in [-0.39, 0.29) is 31.7 Å². The predicted octanol–water partition coefficient (Wildman–Crippen LogP) is 0.650. The lowest BCUT2D eigenvalue weighted by molar-refractivity contribution is -0.140. The van der Waals surface area contributed by atoms with Crippen LogP contribution in [-0.2, 0) is 33.6 Å². The zero-order valence-corrected chi connectivity index (χ0v) is 28.4. The Bertz CT molecular complexity index is 1700. The third-order valence-corrected chi connectivity index (χ3v) is 8.73. The van der Waals surface area contributed by atoms with Gasteiger partial charge in [0.1, 0.15) is 23.7 Å². The van der Waals surface area contributed by atoms with Gasteiger partial charge in [-0.05, 0) is 62.6 Å². The van der Waals surface area contributed by atoms with Crippen LogP contribution in [0.1, 0.15) is 64.4 Å². The van der Waals surface area contributed by atoms with Crippen LogP contribution in [0.4, 0.5) is 5.69 Å². The molecule has 6 amide bonds. The molecule has 1 aromatic carbocycles. The highest BCUT2D eigenvalue weighted by atomic mass is 16.4. The molecule has 2 aromatic rings. The number of anilines is 1. The summed E-state index contributed by atoms with van der Waals surface area (Å²) in [7, 11) is 0. The van der Waals surface area contributed by atoms with Crippen LogP contribution in [0, 0.1) is 12.8 Å². The number of fused-ring (bicyclic) bond motifs is 1.